The Kier molecular flexibility index (Phi) is 20.4. The number of nitrogens with one attached hydrogen (secondary N) is 4. The molecule has 1 unspecified atom stereocenters. The standard InChI is InChI=1S/C56H75N13O11S/c1-34-49(81-33-61-34)36-10-8-35(9-11-36)29-59-53(74)43-28-39(70)31-69(43)54(75)50(56(2,3)4)63-44(71)32-80-25-24-79-23-22-78-21-20-77-19-14-58-52(73)41-26-38(68-17-15-66(5)16-18-68)27-42(48(41)76-7)62-55-60-30-37-12-13-40-46(51(57)72)65-67(6)47(40)45(37)64-55/h8-11,26-27,30,33,39,43,50,70H,12-25,28-29,31-32H2,1-7H3,(H2,57,72)(H,58,73)(H,59,74)(H,63,71)(H,60,62,64)/t39-,43+,50?/m1/s1. The monoisotopic (exact) mass is 1140 g/mol. The minimum Gasteiger partial charge on any atom is -0.494 e. The molecule has 2 aliphatic heterocycles. The Morgan fingerprint density at radius 2 is 1.58 bits per heavy atom. The van der Waals surface area contributed by atoms with Crippen molar-refractivity contribution in [3.05, 3.63) is 81.7 Å². The summed E-state index contributed by atoms with van der Waals surface area (Å²) < 4.78 is 30.0. The molecule has 5 heterocycles. The highest BCUT2D eigenvalue weighted by Gasteiger charge is 2.44. The smallest absolute Gasteiger partial charge is 0.269 e. The quantitative estimate of drug-likeness (QED) is 0.0434. The maximum absolute atomic E-state index is 14.0. The van der Waals surface area contributed by atoms with E-state index in [0.717, 1.165) is 64.7 Å². The fourth-order valence-electron chi connectivity index (χ4n) is 10.0. The Labute approximate surface area is 475 Å². The number of hydrogen-bond acceptors (Lipinski definition) is 19. The van der Waals surface area contributed by atoms with Gasteiger partial charge in [-0.1, -0.05) is 45.0 Å². The number of hydrogen-bond donors (Lipinski definition) is 6. The molecular formula is C56H75N13O11S. The van der Waals surface area contributed by atoms with Crippen molar-refractivity contribution in [2.45, 2.75) is 71.7 Å². The van der Waals surface area contributed by atoms with E-state index in [1.807, 2.05) is 64.1 Å². The number of likely N-dealkylation sites (tertiary alicyclic amines) is 1. The van der Waals surface area contributed by atoms with Crippen molar-refractivity contribution in [3.8, 4) is 27.6 Å². The average molecular weight is 1140 g/mol. The van der Waals surface area contributed by atoms with E-state index in [0.29, 0.717) is 47.8 Å². The molecule has 436 valence electrons. The van der Waals surface area contributed by atoms with E-state index in [2.05, 4.69) is 53.2 Å². The minimum atomic E-state index is -0.991. The first kappa shape index (κ1) is 60.0. The molecule has 24 nitrogen and oxygen atoms in total. The number of benzene rings is 2. The number of aromatic nitrogens is 5. The lowest BCUT2D eigenvalue weighted by Gasteiger charge is -2.35. The van der Waals surface area contributed by atoms with Gasteiger partial charge in [-0.25, -0.2) is 15.0 Å². The predicted octanol–water partition coefficient (Wildman–Crippen LogP) is 2.62. The van der Waals surface area contributed by atoms with E-state index in [4.69, 9.17) is 34.4 Å². The number of thiazole rings is 1. The highest BCUT2D eigenvalue weighted by molar-refractivity contribution is 7.13. The number of β-amino-alcohol motifs (C(OH)–C–C–N with tert-alkyl or cyclic N) is 1. The maximum atomic E-state index is 14.0. The zero-order valence-electron chi connectivity index (χ0n) is 47.2. The van der Waals surface area contributed by atoms with Crippen LogP contribution in [-0.2, 0) is 59.8 Å². The van der Waals surface area contributed by atoms with Gasteiger partial charge in [-0.2, -0.15) is 5.10 Å². The van der Waals surface area contributed by atoms with Crippen LogP contribution in [0, 0.1) is 12.3 Å². The number of primary amides is 1. The molecule has 1 aliphatic carbocycles. The topological polar surface area (TPSA) is 292 Å². The number of carbonyl (C=O) groups is 5. The molecule has 3 aromatic heterocycles. The number of carbonyl (C=O) groups excluding carboxylic acids is 5. The highest BCUT2D eigenvalue weighted by Crippen LogP contribution is 2.38. The number of aryl methyl sites for hydroxylation is 3. The number of aliphatic hydroxyl groups excluding tert-OH is 1. The van der Waals surface area contributed by atoms with Crippen LogP contribution in [0.5, 0.6) is 5.75 Å². The number of nitrogens with two attached hydrogens (primary N) is 1. The first-order valence-corrected chi connectivity index (χ1v) is 28.1. The van der Waals surface area contributed by atoms with Crippen LogP contribution in [0.15, 0.2) is 48.1 Å². The van der Waals surface area contributed by atoms with Crippen molar-refractivity contribution in [1.29, 1.82) is 0 Å². The van der Waals surface area contributed by atoms with Crippen LogP contribution in [0.2, 0.25) is 0 Å². The van der Waals surface area contributed by atoms with Crippen LogP contribution in [0.4, 0.5) is 17.3 Å². The number of fused-ring (bicyclic) bond motifs is 3. The summed E-state index contributed by atoms with van der Waals surface area (Å²) in [6, 6.07) is 9.70. The molecule has 81 heavy (non-hydrogen) atoms. The second kappa shape index (κ2) is 27.6. The predicted molar refractivity (Wildman–Crippen MR) is 303 cm³/mol. The molecule has 2 aromatic carbocycles. The Morgan fingerprint density at radius 3 is 2.23 bits per heavy atom. The zero-order valence-corrected chi connectivity index (χ0v) is 48.0. The molecule has 2 saturated heterocycles. The number of methoxy groups -OCH3 is 1. The van der Waals surface area contributed by atoms with Gasteiger partial charge in [-0.05, 0) is 61.1 Å². The lowest BCUT2D eigenvalue weighted by atomic mass is 9.85. The normalized spacial score (nSPS) is 16.6. The van der Waals surface area contributed by atoms with Crippen LogP contribution in [-0.4, -0.2) is 194 Å². The Hall–Kier alpha value is -7.13. The molecule has 5 aromatic rings. The summed E-state index contributed by atoms with van der Waals surface area (Å²) in [4.78, 5) is 87.3. The SMILES string of the molecule is COc1c(Nc2ncc3c(n2)-c2c(c(C(N)=O)nn2C)CC3)cc(N2CCN(C)CC2)cc1C(=O)NCCOCCOCCOCCOCC(=O)NC(C(=O)N1C[C@H](O)C[C@H]1C(=O)NCc1ccc(-c2scnc2C)cc1)C(C)(C)C. The second-order valence-electron chi connectivity index (χ2n) is 21.3. The summed E-state index contributed by atoms with van der Waals surface area (Å²) >= 11 is 1.56. The molecular weight excluding hydrogens is 1060 g/mol. The molecule has 2 fully saturated rings. The van der Waals surface area contributed by atoms with Crippen molar-refractivity contribution in [3.63, 3.8) is 0 Å². The number of nitrogens with zero attached hydrogens (tertiary/aromatic N) is 8. The number of amides is 5. The van der Waals surface area contributed by atoms with Crippen LogP contribution in [0.1, 0.15) is 70.4 Å². The average Bonchev–Trinajstić information content (AvgIpc) is 4.34. The second-order valence-corrected chi connectivity index (χ2v) is 22.2. The van der Waals surface area contributed by atoms with Gasteiger partial charge in [0.2, 0.25) is 23.7 Å². The lowest BCUT2D eigenvalue weighted by molar-refractivity contribution is -0.144. The lowest BCUT2D eigenvalue weighted by Crippen LogP contribution is -2.58. The van der Waals surface area contributed by atoms with Gasteiger partial charge in [0.05, 0.1) is 98.2 Å². The minimum absolute atomic E-state index is 0.0345. The van der Waals surface area contributed by atoms with Crippen LogP contribution < -0.4 is 36.6 Å². The van der Waals surface area contributed by atoms with Gasteiger partial charge in [0, 0.05) is 76.7 Å². The van der Waals surface area contributed by atoms with Gasteiger partial charge in [0.25, 0.3) is 11.8 Å². The molecule has 5 amide bonds. The fourth-order valence-corrected chi connectivity index (χ4v) is 10.8. The molecule has 8 rings (SSSR count). The third kappa shape index (κ3) is 15.3. The third-order valence-electron chi connectivity index (χ3n) is 14.3. The Balaban J connectivity index is 0.724. The molecule has 3 aliphatic rings. The molecule has 7 N–H and O–H groups in total. The summed E-state index contributed by atoms with van der Waals surface area (Å²) in [6.45, 7) is 12.4. The van der Waals surface area contributed by atoms with E-state index >= 15 is 0 Å². The Morgan fingerprint density at radius 1 is 0.889 bits per heavy atom. The van der Waals surface area contributed by atoms with Crippen molar-refractivity contribution >= 4 is 58.2 Å². The fraction of sp³-hybridized carbons (Fsp3) is 0.518. The number of rotatable bonds is 26. The van der Waals surface area contributed by atoms with E-state index < -0.39 is 41.3 Å². The van der Waals surface area contributed by atoms with Gasteiger partial charge in [-0.15, -0.1) is 11.3 Å². The van der Waals surface area contributed by atoms with Crippen molar-refractivity contribution in [2.75, 3.05) is 116 Å². The molecule has 0 saturated carbocycles. The number of anilines is 3. The molecule has 0 bridgehead atoms. The van der Waals surface area contributed by atoms with Gasteiger partial charge >= 0.3 is 0 Å². The molecule has 25 heteroatoms. The summed E-state index contributed by atoms with van der Waals surface area (Å²) in [5.74, 6) is -1.71. The first-order valence-electron chi connectivity index (χ1n) is 27.2. The van der Waals surface area contributed by atoms with Crippen LogP contribution in [0.3, 0.4) is 0 Å². The van der Waals surface area contributed by atoms with Gasteiger partial charge in [0.1, 0.15) is 18.7 Å². The molecule has 0 spiro atoms. The number of piperazine rings is 1. The van der Waals surface area contributed by atoms with Crippen LogP contribution >= 0.6 is 11.3 Å². The summed E-state index contributed by atoms with van der Waals surface area (Å²) in [6.07, 6.45) is 2.16. The summed E-state index contributed by atoms with van der Waals surface area (Å²) in [7, 11) is 5.34. The maximum Gasteiger partial charge on any atom is 0.269 e. The van der Waals surface area contributed by atoms with Crippen molar-refractivity contribution < 1.29 is 52.8 Å². The largest absolute Gasteiger partial charge is 0.494 e. The zero-order chi connectivity index (χ0) is 57.8. The van der Waals surface area contributed by atoms with E-state index in [1.54, 1.807) is 34.8 Å². The highest BCUT2D eigenvalue weighted by atomic mass is 32.1. The molecule has 3 atom stereocenters. The van der Waals surface area contributed by atoms with Gasteiger partial charge in [-0.3, -0.25) is 28.7 Å². The number of aliphatic hydroxyl groups is 1. The summed E-state index contributed by atoms with van der Waals surface area (Å²) in [5.41, 5.74) is 14.5. The van der Waals surface area contributed by atoms with E-state index in [-0.39, 0.29) is 95.8 Å². The number of ether oxygens (including phenoxy) is 5. The third-order valence-corrected chi connectivity index (χ3v) is 15.3. The summed E-state index contributed by atoms with van der Waals surface area (Å²) in [5, 5.41) is 26.9. The van der Waals surface area contributed by atoms with E-state index in [9.17, 15) is 29.1 Å². The van der Waals surface area contributed by atoms with Crippen molar-refractivity contribution in [2.24, 2.45) is 18.2 Å². The number of likely N-dealkylation sites (N-methyl/N-ethyl adjacent to an activating group) is 1. The van der Waals surface area contributed by atoms with Gasteiger partial charge < -0.3 is 70.5 Å². The van der Waals surface area contributed by atoms with E-state index in [1.165, 1.54) is 12.0 Å². The Bertz CT molecular complexity index is 3010. The van der Waals surface area contributed by atoms with Crippen molar-refractivity contribution in [1.82, 2.24) is 50.5 Å². The first-order chi connectivity index (χ1) is 38.9. The van der Waals surface area contributed by atoms with Gasteiger partial charge in [0.15, 0.2) is 11.4 Å². The van der Waals surface area contributed by atoms with Crippen LogP contribution in [0.25, 0.3) is 21.8 Å². The molecule has 0 radical (unpaired) electrons.